The molecule has 0 aliphatic heterocycles. The van der Waals surface area contributed by atoms with E-state index in [0.29, 0.717) is 4.47 Å². The predicted octanol–water partition coefficient (Wildman–Crippen LogP) is 2.73. The fourth-order valence-corrected chi connectivity index (χ4v) is 1.91. The van der Waals surface area contributed by atoms with E-state index in [1.165, 1.54) is 12.1 Å². The van der Waals surface area contributed by atoms with Gasteiger partial charge in [0.25, 0.3) is 11.6 Å². The van der Waals surface area contributed by atoms with Crippen LogP contribution in [-0.2, 0) is 0 Å². The minimum absolute atomic E-state index is 0.0537. The number of rotatable bonds is 3. The second kappa shape index (κ2) is 5.83. The lowest BCUT2D eigenvalue weighted by Gasteiger charge is -2.07. The fourth-order valence-electron chi connectivity index (χ4n) is 1.57. The van der Waals surface area contributed by atoms with Gasteiger partial charge in [0, 0.05) is 4.47 Å². The number of nitrogens with one attached hydrogen (secondary N) is 1. The number of amides is 1. The third kappa shape index (κ3) is 3.31. The maximum absolute atomic E-state index is 13.6. The van der Waals surface area contributed by atoms with E-state index in [0.717, 1.165) is 18.3 Å². The van der Waals surface area contributed by atoms with Gasteiger partial charge in [-0.05, 0) is 24.3 Å². The summed E-state index contributed by atoms with van der Waals surface area (Å²) in [5.41, 5.74) is 4.50. The first kappa shape index (κ1) is 14.9. The molecule has 108 valence electrons. The van der Waals surface area contributed by atoms with Gasteiger partial charge in [-0.2, -0.15) is 0 Å². The summed E-state index contributed by atoms with van der Waals surface area (Å²) in [6.07, 6.45) is 0.877. The Balaban J connectivity index is 2.36. The quantitative estimate of drug-likeness (QED) is 0.650. The molecule has 2 rings (SSSR count). The number of carbonyl (C=O) groups excluding carboxylic acids is 1. The minimum atomic E-state index is -0.850. The van der Waals surface area contributed by atoms with Gasteiger partial charge in [0.15, 0.2) is 0 Å². The standard InChI is InChI=1S/C12H8BrFN4O3/c13-6-1-2-9(8(14)3-6)17-12(19)7-4-11(15)16-5-10(7)18(20)21/h1-5H,(H2,15,16)(H,17,19). The second-order valence-electron chi connectivity index (χ2n) is 3.96. The van der Waals surface area contributed by atoms with Gasteiger partial charge in [0.05, 0.1) is 10.6 Å². The molecule has 0 saturated heterocycles. The summed E-state index contributed by atoms with van der Waals surface area (Å²) in [6, 6.07) is 5.07. The number of hydrogen-bond donors (Lipinski definition) is 2. The molecule has 0 aliphatic rings. The van der Waals surface area contributed by atoms with Gasteiger partial charge in [-0.3, -0.25) is 14.9 Å². The molecular formula is C12H8BrFN4O3. The lowest BCUT2D eigenvalue weighted by molar-refractivity contribution is -0.385. The summed E-state index contributed by atoms with van der Waals surface area (Å²) in [4.78, 5) is 25.7. The highest BCUT2D eigenvalue weighted by Crippen LogP contribution is 2.23. The van der Waals surface area contributed by atoms with Gasteiger partial charge >= 0.3 is 0 Å². The molecule has 1 heterocycles. The third-order valence-electron chi connectivity index (χ3n) is 2.52. The number of aromatic nitrogens is 1. The van der Waals surface area contributed by atoms with Gasteiger partial charge in [0.2, 0.25) is 0 Å². The number of halogens is 2. The topological polar surface area (TPSA) is 111 Å². The van der Waals surface area contributed by atoms with Crippen molar-refractivity contribution in [3.63, 3.8) is 0 Å². The normalized spacial score (nSPS) is 10.2. The van der Waals surface area contributed by atoms with Crippen LogP contribution in [0.4, 0.5) is 21.6 Å². The molecule has 9 heteroatoms. The van der Waals surface area contributed by atoms with Crippen LogP contribution in [0.3, 0.4) is 0 Å². The van der Waals surface area contributed by atoms with E-state index in [4.69, 9.17) is 5.73 Å². The molecule has 2 aromatic rings. The van der Waals surface area contributed by atoms with Crippen LogP contribution in [0.1, 0.15) is 10.4 Å². The number of pyridine rings is 1. The van der Waals surface area contributed by atoms with E-state index in [2.05, 4.69) is 26.2 Å². The summed E-state index contributed by atoms with van der Waals surface area (Å²) < 4.78 is 14.1. The molecule has 0 aliphatic carbocycles. The van der Waals surface area contributed by atoms with Crippen LogP contribution in [-0.4, -0.2) is 15.8 Å². The van der Waals surface area contributed by atoms with Gasteiger partial charge in [-0.1, -0.05) is 15.9 Å². The van der Waals surface area contributed by atoms with Crippen molar-refractivity contribution in [2.24, 2.45) is 0 Å². The molecule has 0 radical (unpaired) electrons. The number of nitrogens with two attached hydrogens (primary N) is 1. The highest BCUT2D eigenvalue weighted by Gasteiger charge is 2.22. The molecule has 3 N–H and O–H groups in total. The fraction of sp³-hybridized carbons (Fsp3) is 0. The molecule has 0 bridgehead atoms. The highest BCUT2D eigenvalue weighted by molar-refractivity contribution is 9.10. The number of anilines is 2. The Labute approximate surface area is 126 Å². The van der Waals surface area contributed by atoms with Crippen molar-refractivity contribution >= 4 is 39.0 Å². The van der Waals surface area contributed by atoms with Crippen LogP contribution in [0, 0.1) is 15.9 Å². The molecule has 1 aromatic heterocycles. The molecule has 0 saturated carbocycles. The zero-order valence-corrected chi connectivity index (χ0v) is 11.9. The van der Waals surface area contributed by atoms with Crippen LogP contribution < -0.4 is 11.1 Å². The van der Waals surface area contributed by atoms with Gasteiger partial charge in [-0.15, -0.1) is 0 Å². The lowest BCUT2D eigenvalue weighted by Crippen LogP contribution is -2.15. The Hall–Kier alpha value is -2.55. The molecule has 0 fully saturated rings. The Bertz CT molecular complexity index is 738. The average molecular weight is 355 g/mol. The maximum atomic E-state index is 13.6. The van der Waals surface area contributed by atoms with Crippen LogP contribution in [0.2, 0.25) is 0 Å². The Morgan fingerprint density at radius 2 is 2.14 bits per heavy atom. The van der Waals surface area contributed by atoms with Crippen molar-refractivity contribution in [2.45, 2.75) is 0 Å². The molecule has 0 unspecified atom stereocenters. The molecule has 7 nitrogen and oxygen atoms in total. The van der Waals surface area contributed by atoms with Crippen LogP contribution >= 0.6 is 15.9 Å². The first-order valence-electron chi connectivity index (χ1n) is 5.55. The van der Waals surface area contributed by atoms with Gasteiger partial charge in [-0.25, -0.2) is 9.37 Å². The number of nitrogens with zero attached hydrogens (tertiary/aromatic N) is 2. The van der Waals surface area contributed by atoms with E-state index in [1.54, 1.807) is 0 Å². The van der Waals surface area contributed by atoms with E-state index in [9.17, 15) is 19.3 Å². The van der Waals surface area contributed by atoms with Crippen LogP contribution in [0.15, 0.2) is 34.9 Å². The number of carbonyl (C=O) groups is 1. The van der Waals surface area contributed by atoms with Crippen molar-refractivity contribution < 1.29 is 14.1 Å². The predicted molar refractivity (Wildman–Crippen MR) is 77.4 cm³/mol. The Morgan fingerprint density at radius 1 is 1.43 bits per heavy atom. The molecule has 21 heavy (non-hydrogen) atoms. The first-order valence-corrected chi connectivity index (χ1v) is 6.34. The third-order valence-corrected chi connectivity index (χ3v) is 3.02. The van der Waals surface area contributed by atoms with E-state index in [1.807, 2.05) is 0 Å². The van der Waals surface area contributed by atoms with Crippen molar-refractivity contribution in [1.82, 2.24) is 4.98 Å². The van der Waals surface area contributed by atoms with Gasteiger partial charge in [0.1, 0.15) is 23.4 Å². The van der Waals surface area contributed by atoms with Crippen LogP contribution in [0.25, 0.3) is 0 Å². The zero-order valence-electron chi connectivity index (χ0n) is 10.3. The summed E-state index contributed by atoms with van der Waals surface area (Å²) in [7, 11) is 0. The SMILES string of the molecule is Nc1cc(C(=O)Nc2ccc(Br)cc2F)c([N+](=O)[O-])cn1. The Kier molecular flexibility index (Phi) is 4.13. The number of hydrogen-bond acceptors (Lipinski definition) is 5. The van der Waals surface area contributed by atoms with Crippen LogP contribution in [0.5, 0.6) is 0 Å². The second-order valence-corrected chi connectivity index (χ2v) is 4.88. The van der Waals surface area contributed by atoms with E-state index < -0.39 is 22.3 Å². The Morgan fingerprint density at radius 3 is 2.76 bits per heavy atom. The monoisotopic (exact) mass is 354 g/mol. The number of nitrogen functional groups attached to an aromatic ring is 1. The number of nitro groups is 1. The summed E-state index contributed by atoms with van der Waals surface area (Å²) in [5.74, 6) is -1.58. The van der Waals surface area contributed by atoms with Crippen molar-refractivity contribution in [3.8, 4) is 0 Å². The minimum Gasteiger partial charge on any atom is -0.384 e. The number of benzene rings is 1. The largest absolute Gasteiger partial charge is 0.384 e. The molecular weight excluding hydrogens is 347 g/mol. The average Bonchev–Trinajstić information content (AvgIpc) is 2.41. The van der Waals surface area contributed by atoms with Gasteiger partial charge < -0.3 is 11.1 Å². The first-order chi connectivity index (χ1) is 9.88. The summed E-state index contributed by atoms with van der Waals surface area (Å²) in [5, 5.41) is 13.1. The highest BCUT2D eigenvalue weighted by atomic mass is 79.9. The zero-order chi connectivity index (χ0) is 15.6. The summed E-state index contributed by atoms with van der Waals surface area (Å²) in [6.45, 7) is 0. The van der Waals surface area contributed by atoms with Crippen molar-refractivity contribution in [2.75, 3.05) is 11.1 Å². The smallest absolute Gasteiger partial charge is 0.300 e. The van der Waals surface area contributed by atoms with Crippen molar-refractivity contribution in [1.29, 1.82) is 0 Å². The molecule has 1 amide bonds. The van der Waals surface area contributed by atoms with E-state index in [-0.39, 0.29) is 17.1 Å². The molecule has 0 atom stereocenters. The van der Waals surface area contributed by atoms with Crippen molar-refractivity contribution in [3.05, 3.63) is 56.4 Å². The maximum Gasteiger partial charge on any atom is 0.300 e. The summed E-state index contributed by atoms with van der Waals surface area (Å²) >= 11 is 3.08. The molecule has 1 aromatic carbocycles. The van der Waals surface area contributed by atoms with E-state index >= 15 is 0 Å². The lowest BCUT2D eigenvalue weighted by atomic mass is 10.2. The molecule has 0 spiro atoms.